The highest BCUT2D eigenvalue weighted by Crippen LogP contribution is 2.32. The Balaban J connectivity index is 1.84. The Hall–Kier alpha value is -1.38. The molecule has 0 atom stereocenters. The van der Waals surface area contributed by atoms with Crippen LogP contribution in [-0.2, 0) is 0 Å². The Bertz CT molecular complexity index is 321. The van der Waals surface area contributed by atoms with Crippen LogP contribution in [0.15, 0.2) is 18.5 Å². The highest BCUT2D eigenvalue weighted by Gasteiger charge is 2.20. The lowest BCUT2D eigenvalue weighted by Crippen LogP contribution is -1.99. The number of carbonyl (C=O) groups excluding carboxylic acids is 1. The Morgan fingerprint density at radius 3 is 3.07 bits per heavy atom. The summed E-state index contributed by atoms with van der Waals surface area (Å²) in [5.41, 5.74) is 0.564. The van der Waals surface area contributed by atoms with Crippen LogP contribution in [0.25, 0.3) is 0 Å². The summed E-state index contributed by atoms with van der Waals surface area (Å²) in [6, 6.07) is 1.72. The van der Waals surface area contributed by atoms with Crippen LogP contribution < -0.4 is 4.74 Å². The molecular weight excluding hydrogens is 178 g/mol. The van der Waals surface area contributed by atoms with Crippen LogP contribution in [0.2, 0.25) is 0 Å². The third kappa shape index (κ3) is 2.55. The van der Waals surface area contributed by atoms with Crippen molar-refractivity contribution in [1.29, 1.82) is 0 Å². The molecule has 14 heavy (non-hydrogen) atoms. The minimum atomic E-state index is 0.564. The lowest BCUT2D eigenvalue weighted by Gasteiger charge is -2.04. The van der Waals surface area contributed by atoms with Gasteiger partial charge in [0.05, 0.1) is 12.8 Å². The van der Waals surface area contributed by atoms with E-state index in [1.165, 1.54) is 19.0 Å². The molecule has 0 saturated heterocycles. The fraction of sp³-hybridized carbons (Fsp3) is 0.455. The number of nitrogens with zero attached hydrogens (tertiary/aromatic N) is 1. The largest absolute Gasteiger partial charge is 0.492 e. The maximum absolute atomic E-state index is 10.5. The topological polar surface area (TPSA) is 39.2 Å². The van der Waals surface area contributed by atoms with E-state index in [0.717, 1.165) is 25.2 Å². The Labute approximate surface area is 83.1 Å². The van der Waals surface area contributed by atoms with Crippen molar-refractivity contribution in [2.45, 2.75) is 19.3 Å². The van der Waals surface area contributed by atoms with E-state index in [4.69, 9.17) is 4.74 Å². The molecule has 0 aromatic carbocycles. The van der Waals surface area contributed by atoms with Crippen molar-refractivity contribution in [3.8, 4) is 5.75 Å². The first-order chi connectivity index (χ1) is 6.88. The molecule has 2 rings (SSSR count). The third-order valence-corrected chi connectivity index (χ3v) is 2.36. The molecule has 0 aliphatic heterocycles. The zero-order chi connectivity index (χ0) is 9.80. The minimum Gasteiger partial charge on any atom is -0.492 e. The smallest absolute Gasteiger partial charge is 0.151 e. The van der Waals surface area contributed by atoms with Gasteiger partial charge in [0.1, 0.15) is 5.75 Å². The van der Waals surface area contributed by atoms with E-state index in [9.17, 15) is 4.79 Å². The standard InChI is InChI=1S/C11H13NO2/c13-8-10-5-11(7-12-6-10)14-4-3-9-1-2-9/h5-9H,1-4H2. The molecule has 1 fully saturated rings. The van der Waals surface area contributed by atoms with Crippen molar-refractivity contribution in [3.05, 3.63) is 24.0 Å². The first kappa shape index (κ1) is 9.19. The molecule has 1 heterocycles. The van der Waals surface area contributed by atoms with Gasteiger partial charge in [-0.2, -0.15) is 0 Å². The second kappa shape index (κ2) is 4.22. The summed E-state index contributed by atoms with van der Waals surface area (Å²) >= 11 is 0. The number of hydrogen-bond acceptors (Lipinski definition) is 3. The second-order valence-electron chi connectivity index (χ2n) is 3.65. The predicted octanol–water partition coefficient (Wildman–Crippen LogP) is 2.07. The monoisotopic (exact) mass is 191 g/mol. The molecule has 3 heteroatoms. The molecular formula is C11H13NO2. The van der Waals surface area contributed by atoms with Crippen molar-refractivity contribution in [2.75, 3.05) is 6.61 Å². The maximum Gasteiger partial charge on any atom is 0.151 e. The van der Waals surface area contributed by atoms with Gasteiger partial charge in [-0.3, -0.25) is 9.78 Å². The molecule has 1 aliphatic carbocycles. The summed E-state index contributed by atoms with van der Waals surface area (Å²) in [6.07, 6.45) is 7.75. The zero-order valence-electron chi connectivity index (χ0n) is 7.98. The first-order valence-corrected chi connectivity index (χ1v) is 4.91. The van der Waals surface area contributed by atoms with E-state index < -0.39 is 0 Å². The highest BCUT2D eigenvalue weighted by atomic mass is 16.5. The normalized spacial score (nSPS) is 15.1. The summed E-state index contributed by atoms with van der Waals surface area (Å²) in [5.74, 6) is 1.56. The fourth-order valence-corrected chi connectivity index (χ4v) is 1.33. The summed E-state index contributed by atoms with van der Waals surface area (Å²) < 4.78 is 5.48. The van der Waals surface area contributed by atoms with Crippen LogP contribution >= 0.6 is 0 Å². The molecule has 1 aromatic rings. The highest BCUT2D eigenvalue weighted by molar-refractivity contribution is 5.74. The van der Waals surface area contributed by atoms with Crippen molar-refractivity contribution in [1.82, 2.24) is 4.98 Å². The molecule has 74 valence electrons. The van der Waals surface area contributed by atoms with Gasteiger partial charge in [0.2, 0.25) is 0 Å². The summed E-state index contributed by atoms with van der Waals surface area (Å²) in [6.45, 7) is 0.731. The number of carbonyl (C=O) groups is 1. The van der Waals surface area contributed by atoms with Crippen molar-refractivity contribution in [3.63, 3.8) is 0 Å². The quantitative estimate of drug-likeness (QED) is 0.669. The van der Waals surface area contributed by atoms with Crippen LogP contribution in [0.1, 0.15) is 29.6 Å². The van der Waals surface area contributed by atoms with E-state index in [2.05, 4.69) is 4.98 Å². The van der Waals surface area contributed by atoms with Gasteiger partial charge in [-0.25, -0.2) is 0 Å². The molecule has 1 aliphatic rings. The van der Waals surface area contributed by atoms with Gasteiger partial charge in [-0.1, -0.05) is 12.8 Å². The van der Waals surface area contributed by atoms with Gasteiger partial charge in [0.15, 0.2) is 6.29 Å². The van der Waals surface area contributed by atoms with Gasteiger partial charge < -0.3 is 4.74 Å². The molecule has 0 unspecified atom stereocenters. The number of hydrogen-bond donors (Lipinski definition) is 0. The molecule has 1 saturated carbocycles. The maximum atomic E-state index is 10.5. The average molecular weight is 191 g/mol. The Morgan fingerprint density at radius 2 is 2.36 bits per heavy atom. The van der Waals surface area contributed by atoms with E-state index in [0.29, 0.717) is 11.3 Å². The van der Waals surface area contributed by atoms with Gasteiger partial charge in [-0.15, -0.1) is 0 Å². The summed E-state index contributed by atoms with van der Waals surface area (Å²) in [7, 11) is 0. The minimum absolute atomic E-state index is 0.564. The lowest BCUT2D eigenvalue weighted by atomic mass is 10.3. The van der Waals surface area contributed by atoms with Crippen molar-refractivity contribution < 1.29 is 9.53 Å². The van der Waals surface area contributed by atoms with Gasteiger partial charge >= 0.3 is 0 Å². The zero-order valence-corrected chi connectivity index (χ0v) is 7.98. The van der Waals surface area contributed by atoms with Crippen molar-refractivity contribution in [2.24, 2.45) is 5.92 Å². The molecule has 0 N–H and O–H groups in total. The number of rotatable bonds is 5. The number of pyridine rings is 1. The predicted molar refractivity (Wildman–Crippen MR) is 52.5 cm³/mol. The van der Waals surface area contributed by atoms with E-state index in [1.807, 2.05) is 0 Å². The molecule has 0 bridgehead atoms. The molecule has 0 spiro atoms. The van der Waals surface area contributed by atoms with Gasteiger partial charge in [0, 0.05) is 11.8 Å². The first-order valence-electron chi connectivity index (χ1n) is 4.91. The summed E-state index contributed by atoms with van der Waals surface area (Å²) in [5, 5.41) is 0. The van der Waals surface area contributed by atoms with E-state index >= 15 is 0 Å². The SMILES string of the molecule is O=Cc1cncc(OCCC2CC2)c1. The third-order valence-electron chi connectivity index (χ3n) is 2.36. The van der Waals surface area contributed by atoms with Crippen LogP contribution in [0.4, 0.5) is 0 Å². The summed E-state index contributed by atoms with van der Waals surface area (Å²) in [4.78, 5) is 14.4. The number of aromatic nitrogens is 1. The fourth-order valence-electron chi connectivity index (χ4n) is 1.33. The van der Waals surface area contributed by atoms with E-state index in [1.54, 1.807) is 12.3 Å². The van der Waals surface area contributed by atoms with Gasteiger partial charge in [0.25, 0.3) is 0 Å². The van der Waals surface area contributed by atoms with Gasteiger partial charge in [-0.05, 0) is 18.4 Å². The number of ether oxygens (including phenoxy) is 1. The van der Waals surface area contributed by atoms with Crippen LogP contribution in [0.3, 0.4) is 0 Å². The van der Waals surface area contributed by atoms with Crippen LogP contribution in [0, 0.1) is 5.92 Å². The molecule has 0 radical (unpaired) electrons. The van der Waals surface area contributed by atoms with Crippen molar-refractivity contribution >= 4 is 6.29 Å². The van der Waals surface area contributed by atoms with Crippen LogP contribution in [-0.4, -0.2) is 17.9 Å². The molecule has 3 nitrogen and oxygen atoms in total. The van der Waals surface area contributed by atoms with E-state index in [-0.39, 0.29) is 0 Å². The number of aldehydes is 1. The average Bonchev–Trinajstić information content (AvgIpc) is 3.02. The molecule has 0 amide bonds. The molecule has 1 aromatic heterocycles. The second-order valence-corrected chi connectivity index (χ2v) is 3.65. The lowest BCUT2D eigenvalue weighted by molar-refractivity contribution is 0.112. The van der Waals surface area contributed by atoms with Crippen LogP contribution in [0.5, 0.6) is 5.75 Å². The Kier molecular flexibility index (Phi) is 2.77. The Morgan fingerprint density at radius 1 is 1.50 bits per heavy atom.